The minimum Gasteiger partial charge on any atom is -0.343 e. The van der Waals surface area contributed by atoms with Crippen LogP contribution in [0.1, 0.15) is 24.6 Å². The molecule has 2 nitrogen and oxygen atoms in total. The zero-order chi connectivity index (χ0) is 11.0. The third-order valence-corrected chi connectivity index (χ3v) is 3.15. The Balaban J connectivity index is 2.75. The Morgan fingerprint density at radius 3 is 2.80 bits per heavy atom. The molecular formula is C12H15ClN2. The minimum absolute atomic E-state index is 0.569. The molecule has 0 aromatic carbocycles. The Labute approximate surface area is 94.9 Å². The summed E-state index contributed by atoms with van der Waals surface area (Å²) in [6.45, 7) is 7.52. The van der Waals surface area contributed by atoms with Gasteiger partial charge in [-0.15, -0.1) is 0 Å². The summed E-state index contributed by atoms with van der Waals surface area (Å²) in [5.41, 5.74) is 3.81. The molecular weight excluding hydrogens is 208 g/mol. The molecule has 0 N–H and O–H groups in total. The first kappa shape index (κ1) is 10.5. The van der Waals surface area contributed by atoms with E-state index < -0.39 is 0 Å². The molecule has 0 aliphatic rings. The fourth-order valence-electron chi connectivity index (χ4n) is 2.03. The predicted molar refractivity (Wildman–Crippen MR) is 64.5 cm³/mol. The van der Waals surface area contributed by atoms with Gasteiger partial charge in [0.25, 0.3) is 0 Å². The smallest absolute Gasteiger partial charge is 0.129 e. The number of fused-ring (bicyclic) bond motifs is 1. The molecule has 0 saturated heterocycles. The lowest BCUT2D eigenvalue weighted by atomic mass is 10.2. The van der Waals surface area contributed by atoms with Gasteiger partial charge in [0, 0.05) is 17.6 Å². The highest BCUT2D eigenvalue weighted by atomic mass is 35.5. The van der Waals surface area contributed by atoms with Crippen LogP contribution in [0.15, 0.2) is 12.3 Å². The van der Waals surface area contributed by atoms with Gasteiger partial charge < -0.3 is 4.57 Å². The van der Waals surface area contributed by atoms with Gasteiger partial charge in [0.15, 0.2) is 0 Å². The Hall–Kier alpha value is -1.02. The average molecular weight is 223 g/mol. The highest BCUT2D eigenvalue weighted by molar-refractivity contribution is 6.30. The molecule has 0 fully saturated rings. The number of nitrogens with zero attached hydrogens (tertiary/aromatic N) is 2. The molecule has 0 aliphatic heterocycles. The largest absolute Gasteiger partial charge is 0.343 e. The quantitative estimate of drug-likeness (QED) is 0.709. The molecule has 80 valence electrons. The number of pyridine rings is 1. The maximum absolute atomic E-state index is 5.91. The van der Waals surface area contributed by atoms with Gasteiger partial charge in [0.2, 0.25) is 0 Å². The van der Waals surface area contributed by atoms with Crippen molar-refractivity contribution in [2.45, 2.75) is 33.7 Å². The number of hydrogen-bond donors (Lipinski definition) is 0. The molecule has 0 amide bonds. The molecule has 2 aromatic rings. The van der Waals surface area contributed by atoms with Crippen molar-refractivity contribution in [3.63, 3.8) is 0 Å². The Kier molecular flexibility index (Phi) is 2.70. The van der Waals surface area contributed by atoms with Gasteiger partial charge in [-0.3, -0.25) is 0 Å². The van der Waals surface area contributed by atoms with Gasteiger partial charge in [-0.1, -0.05) is 18.5 Å². The van der Waals surface area contributed by atoms with Crippen molar-refractivity contribution in [1.82, 2.24) is 9.55 Å². The summed E-state index contributed by atoms with van der Waals surface area (Å²) >= 11 is 5.91. The number of aromatic nitrogens is 2. The molecule has 2 heterocycles. The molecule has 15 heavy (non-hydrogen) atoms. The van der Waals surface area contributed by atoms with Crippen LogP contribution in [0.2, 0.25) is 5.15 Å². The van der Waals surface area contributed by atoms with Gasteiger partial charge in [0.05, 0.1) is 11.7 Å². The molecule has 0 radical (unpaired) electrons. The summed E-state index contributed by atoms with van der Waals surface area (Å²) in [5.74, 6) is 0. The summed E-state index contributed by atoms with van der Waals surface area (Å²) in [6.07, 6.45) is 3.00. The van der Waals surface area contributed by atoms with Crippen molar-refractivity contribution in [3.05, 3.63) is 28.7 Å². The van der Waals surface area contributed by atoms with Crippen LogP contribution in [0.4, 0.5) is 0 Å². The normalized spacial score (nSPS) is 11.2. The standard InChI is InChI=1S/C12H15ClN2/c1-4-5-15-9(3)8(2)10-6-12(13)14-7-11(10)15/h6-7H,4-5H2,1-3H3. The summed E-state index contributed by atoms with van der Waals surface area (Å²) in [4.78, 5) is 4.15. The molecule has 0 aliphatic carbocycles. The maximum atomic E-state index is 5.91. The minimum atomic E-state index is 0.569. The van der Waals surface area contributed by atoms with Crippen molar-refractivity contribution >= 4 is 22.5 Å². The molecule has 2 aromatic heterocycles. The third-order valence-electron chi connectivity index (χ3n) is 2.94. The lowest BCUT2D eigenvalue weighted by Gasteiger charge is -2.05. The van der Waals surface area contributed by atoms with Crippen molar-refractivity contribution in [2.24, 2.45) is 0 Å². The second-order valence-electron chi connectivity index (χ2n) is 3.89. The van der Waals surface area contributed by atoms with E-state index in [4.69, 9.17) is 11.6 Å². The second-order valence-corrected chi connectivity index (χ2v) is 4.27. The lowest BCUT2D eigenvalue weighted by Crippen LogP contribution is -1.99. The highest BCUT2D eigenvalue weighted by Gasteiger charge is 2.10. The van der Waals surface area contributed by atoms with Gasteiger partial charge in [0.1, 0.15) is 5.15 Å². The zero-order valence-electron chi connectivity index (χ0n) is 9.34. The van der Waals surface area contributed by atoms with Crippen LogP contribution in [-0.2, 0) is 6.54 Å². The Morgan fingerprint density at radius 2 is 2.13 bits per heavy atom. The first-order valence-corrected chi connectivity index (χ1v) is 5.64. The predicted octanol–water partition coefficient (Wildman–Crippen LogP) is 3.72. The van der Waals surface area contributed by atoms with Crippen LogP contribution in [0, 0.1) is 13.8 Å². The SMILES string of the molecule is CCCn1c(C)c(C)c2cc(Cl)ncc21. The van der Waals surface area contributed by atoms with Crippen molar-refractivity contribution < 1.29 is 0 Å². The fraction of sp³-hybridized carbons (Fsp3) is 0.417. The van der Waals surface area contributed by atoms with E-state index in [1.54, 1.807) is 0 Å². The van der Waals surface area contributed by atoms with E-state index in [2.05, 4.69) is 30.3 Å². The second kappa shape index (κ2) is 3.86. The molecule has 0 atom stereocenters. The summed E-state index contributed by atoms with van der Waals surface area (Å²) < 4.78 is 2.31. The van der Waals surface area contributed by atoms with Crippen LogP contribution in [-0.4, -0.2) is 9.55 Å². The van der Waals surface area contributed by atoms with Crippen LogP contribution in [0.25, 0.3) is 10.9 Å². The molecule has 0 saturated carbocycles. The average Bonchev–Trinajstić information content (AvgIpc) is 2.44. The van der Waals surface area contributed by atoms with Crippen LogP contribution < -0.4 is 0 Å². The number of aryl methyl sites for hydroxylation is 2. The van der Waals surface area contributed by atoms with E-state index in [0.29, 0.717) is 5.15 Å². The van der Waals surface area contributed by atoms with E-state index in [1.165, 1.54) is 22.2 Å². The summed E-state index contributed by atoms with van der Waals surface area (Å²) in [5, 5.41) is 1.79. The first-order valence-electron chi connectivity index (χ1n) is 5.26. The number of hydrogen-bond acceptors (Lipinski definition) is 1. The monoisotopic (exact) mass is 222 g/mol. The van der Waals surface area contributed by atoms with E-state index in [0.717, 1.165) is 13.0 Å². The van der Waals surface area contributed by atoms with Crippen molar-refractivity contribution in [1.29, 1.82) is 0 Å². The third kappa shape index (κ3) is 1.63. The fourth-order valence-corrected chi connectivity index (χ4v) is 2.19. The first-order chi connectivity index (χ1) is 7.15. The molecule has 2 rings (SSSR count). The van der Waals surface area contributed by atoms with Crippen LogP contribution in [0.5, 0.6) is 0 Å². The Morgan fingerprint density at radius 1 is 1.40 bits per heavy atom. The summed E-state index contributed by atoms with van der Waals surface area (Å²) in [7, 11) is 0. The van der Waals surface area contributed by atoms with E-state index in [1.807, 2.05) is 12.3 Å². The number of halogens is 1. The van der Waals surface area contributed by atoms with Crippen molar-refractivity contribution in [3.8, 4) is 0 Å². The van der Waals surface area contributed by atoms with Gasteiger partial charge in [-0.25, -0.2) is 4.98 Å². The van der Waals surface area contributed by atoms with Gasteiger partial charge >= 0.3 is 0 Å². The van der Waals surface area contributed by atoms with E-state index in [9.17, 15) is 0 Å². The van der Waals surface area contributed by atoms with E-state index in [-0.39, 0.29) is 0 Å². The topological polar surface area (TPSA) is 17.8 Å². The maximum Gasteiger partial charge on any atom is 0.129 e. The van der Waals surface area contributed by atoms with Crippen LogP contribution in [0.3, 0.4) is 0 Å². The molecule has 0 unspecified atom stereocenters. The summed E-state index contributed by atoms with van der Waals surface area (Å²) in [6, 6.07) is 1.95. The number of rotatable bonds is 2. The molecule has 0 spiro atoms. The Bertz CT molecular complexity index is 500. The molecule has 0 bridgehead atoms. The van der Waals surface area contributed by atoms with Crippen molar-refractivity contribution in [2.75, 3.05) is 0 Å². The van der Waals surface area contributed by atoms with E-state index >= 15 is 0 Å². The zero-order valence-corrected chi connectivity index (χ0v) is 10.1. The lowest BCUT2D eigenvalue weighted by molar-refractivity contribution is 0.683. The molecule has 3 heteroatoms. The van der Waals surface area contributed by atoms with Gasteiger partial charge in [-0.2, -0.15) is 0 Å². The highest BCUT2D eigenvalue weighted by Crippen LogP contribution is 2.26. The van der Waals surface area contributed by atoms with Crippen LogP contribution >= 0.6 is 11.6 Å². The van der Waals surface area contributed by atoms with Gasteiger partial charge in [-0.05, 0) is 31.9 Å².